The van der Waals surface area contributed by atoms with Crippen LogP contribution in [0.25, 0.3) is 0 Å². The third kappa shape index (κ3) is 5.14. The zero-order chi connectivity index (χ0) is 15.8. The van der Waals surface area contributed by atoms with Crippen molar-refractivity contribution in [2.75, 3.05) is 28.3 Å². The molecule has 0 bridgehead atoms. The van der Waals surface area contributed by atoms with Gasteiger partial charge in [-0.05, 0) is 23.3 Å². The highest BCUT2D eigenvalue weighted by molar-refractivity contribution is 5.94. The van der Waals surface area contributed by atoms with Crippen LogP contribution in [0.15, 0.2) is 59.4 Å². The number of ether oxygens (including phenoxy) is 2. The zero-order valence-electron chi connectivity index (χ0n) is 12.6. The van der Waals surface area contributed by atoms with Crippen LogP contribution in [-0.4, -0.2) is 45.2 Å². The quantitative estimate of drug-likeness (QED) is 0.438. The summed E-state index contributed by atoms with van der Waals surface area (Å²) in [6.45, 7) is 0. The molecule has 0 saturated carbocycles. The molecule has 112 valence electrons. The van der Waals surface area contributed by atoms with Crippen molar-refractivity contribution in [1.82, 2.24) is 4.90 Å². The van der Waals surface area contributed by atoms with E-state index in [9.17, 15) is 9.59 Å². The predicted molar refractivity (Wildman–Crippen MR) is 80.2 cm³/mol. The van der Waals surface area contributed by atoms with E-state index in [-0.39, 0.29) is 5.57 Å². The minimum atomic E-state index is -0.535. The van der Waals surface area contributed by atoms with Gasteiger partial charge in [-0.1, -0.05) is 18.2 Å². The predicted octanol–water partition coefficient (Wildman–Crippen LogP) is 1.76. The number of carbonyl (C=O) groups is 2. The minimum absolute atomic E-state index is 0.266. The molecule has 5 nitrogen and oxygen atoms in total. The lowest BCUT2D eigenvalue weighted by atomic mass is 10.1. The van der Waals surface area contributed by atoms with Gasteiger partial charge >= 0.3 is 11.9 Å². The van der Waals surface area contributed by atoms with Gasteiger partial charge in [-0.25, -0.2) is 9.59 Å². The highest BCUT2D eigenvalue weighted by Gasteiger charge is 2.11. The fraction of sp³-hybridized carbons (Fsp3) is 0.250. The molecule has 0 fully saturated rings. The van der Waals surface area contributed by atoms with E-state index in [1.54, 1.807) is 6.08 Å². The Labute approximate surface area is 124 Å². The van der Waals surface area contributed by atoms with Crippen molar-refractivity contribution in [3.05, 3.63) is 59.4 Å². The maximum Gasteiger partial charge on any atom is 0.337 e. The van der Waals surface area contributed by atoms with Crippen LogP contribution in [0.1, 0.15) is 0 Å². The van der Waals surface area contributed by atoms with Crippen LogP contribution in [-0.2, 0) is 19.1 Å². The van der Waals surface area contributed by atoms with Crippen LogP contribution in [0.3, 0.4) is 0 Å². The molecule has 1 rings (SSSR count). The molecular weight excluding hydrogens is 270 g/mol. The Hall–Kier alpha value is -2.56. The van der Waals surface area contributed by atoms with E-state index in [1.807, 2.05) is 43.4 Å². The number of nitrogens with zero attached hydrogens (tertiary/aromatic N) is 1. The van der Waals surface area contributed by atoms with Crippen molar-refractivity contribution in [3.63, 3.8) is 0 Å². The van der Waals surface area contributed by atoms with E-state index in [0.29, 0.717) is 0 Å². The van der Waals surface area contributed by atoms with Crippen LogP contribution in [0.2, 0.25) is 0 Å². The first-order chi connectivity index (χ1) is 9.97. The maximum atomic E-state index is 11.8. The molecule has 0 atom stereocenters. The van der Waals surface area contributed by atoms with Crippen molar-refractivity contribution in [1.29, 1.82) is 0 Å². The lowest BCUT2D eigenvalue weighted by Crippen LogP contribution is -2.05. The lowest BCUT2D eigenvalue weighted by molar-refractivity contribution is -0.135. The summed E-state index contributed by atoms with van der Waals surface area (Å²) in [6.07, 6.45) is 11.9. The molecule has 0 aromatic heterocycles. The number of rotatable bonds is 5. The van der Waals surface area contributed by atoms with E-state index in [2.05, 4.69) is 4.74 Å². The highest BCUT2D eigenvalue weighted by atomic mass is 16.5. The van der Waals surface area contributed by atoms with Crippen LogP contribution < -0.4 is 0 Å². The van der Waals surface area contributed by atoms with Gasteiger partial charge in [0.1, 0.15) is 0 Å². The molecule has 0 N–H and O–H groups in total. The topological polar surface area (TPSA) is 55.8 Å². The number of methoxy groups -OCH3 is 2. The highest BCUT2D eigenvalue weighted by Crippen LogP contribution is 2.22. The summed E-state index contributed by atoms with van der Waals surface area (Å²) in [6, 6.07) is 0. The number of hydrogen-bond acceptors (Lipinski definition) is 5. The molecule has 0 spiro atoms. The summed E-state index contributed by atoms with van der Waals surface area (Å²) >= 11 is 0. The lowest BCUT2D eigenvalue weighted by Gasteiger charge is -2.08. The summed E-state index contributed by atoms with van der Waals surface area (Å²) in [4.78, 5) is 24.8. The smallest absolute Gasteiger partial charge is 0.337 e. The second kappa shape index (κ2) is 7.89. The number of hydrogen-bond donors (Lipinski definition) is 0. The van der Waals surface area contributed by atoms with Gasteiger partial charge in [0.05, 0.1) is 19.8 Å². The third-order valence-electron chi connectivity index (χ3n) is 2.61. The van der Waals surface area contributed by atoms with Crippen LogP contribution in [0.5, 0.6) is 0 Å². The largest absolute Gasteiger partial charge is 0.466 e. The summed E-state index contributed by atoms with van der Waals surface area (Å²) in [5, 5.41) is 0. The van der Waals surface area contributed by atoms with Gasteiger partial charge in [0, 0.05) is 26.4 Å². The van der Waals surface area contributed by atoms with Crippen LogP contribution in [0, 0.1) is 0 Å². The molecule has 1 aliphatic carbocycles. The second-order valence-electron chi connectivity index (χ2n) is 4.48. The SMILES string of the molecule is COC(=O)/C=C/C(=C\C1=CC=C/C1=C\N(C)C)C(=O)OC. The number of carbonyl (C=O) groups excluding carboxylic acids is 2. The minimum Gasteiger partial charge on any atom is -0.466 e. The first-order valence-electron chi connectivity index (χ1n) is 6.31. The molecule has 0 aliphatic heterocycles. The van der Waals surface area contributed by atoms with Crippen molar-refractivity contribution in [2.24, 2.45) is 0 Å². The summed E-state index contributed by atoms with van der Waals surface area (Å²) in [5.74, 6) is -1.06. The average Bonchev–Trinajstić information content (AvgIpc) is 2.88. The number of esters is 2. The molecular formula is C16H19NO4. The van der Waals surface area contributed by atoms with Gasteiger partial charge in [0.15, 0.2) is 0 Å². The fourth-order valence-corrected chi connectivity index (χ4v) is 1.66. The zero-order valence-corrected chi connectivity index (χ0v) is 12.6. The van der Waals surface area contributed by atoms with Crippen molar-refractivity contribution < 1.29 is 19.1 Å². The van der Waals surface area contributed by atoms with Crippen LogP contribution in [0.4, 0.5) is 0 Å². The van der Waals surface area contributed by atoms with E-state index < -0.39 is 11.9 Å². The van der Waals surface area contributed by atoms with Crippen molar-refractivity contribution in [2.45, 2.75) is 0 Å². The van der Waals surface area contributed by atoms with Gasteiger partial charge in [0.2, 0.25) is 0 Å². The first kappa shape index (κ1) is 16.5. The van der Waals surface area contributed by atoms with E-state index in [4.69, 9.17) is 4.74 Å². The third-order valence-corrected chi connectivity index (χ3v) is 2.61. The molecule has 0 unspecified atom stereocenters. The average molecular weight is 289 g/mol. The maximum absolute atomic E-state index is 11.8. The normalized spacial score (nSPS) is 16.3. The number of allylic oxidation sites excluding steroid dienone is 6. The Morgan fingerprint density at radius 3 is 2.43 bits per heavy atom. The Morgan fingerprint density at radius 2 is 1.86 bits per heavy atom. The Balaban J connectivity index is 3.07. The summed E-state index contributed by atoms with van der Waals surface area (Å²) in [5.41, 5.74) is 2.09. The molecule has 0 aromatic rings. The van der Waals surface area contributed by atoms with E-state index in [1.165, 1.54) is 26.4 Å². The van der Waals surface area contributed by atoms with Crippen molar-refractivity contribution in [3.8, 4) is 0 Å². The van der Waals surface area contributed by atoms with Gasteiger partial charge < -0.3 is 14.4 Å². The Bertz CT molecular complexity index is 563. The van der Waals surface area contributed by atoms with Gasteiger partial charge in [0.25, 0.3) is 0 Å². The standard InChI is InChI=1S/C16H19NO4/c1-17(2)11-14-7-5-6-12(14)10-13(16(19)21-4)8-9-15(18)20-3/h5-11H,1-4H3/b9-8+,13-10+,14-11+. The van der Waals surface area contributed by atoms with Crippen LogP contribution >= 0.6 is 0 Å². The molecule has 1 aliphatic rings. The monoisotopic (exact) mass is 289 g/mol. The molecule has 0 radical (unpaired) electrons. The molecule has 0 aromatic carbocycles. The molecule has 0 heterocycles. The van der Waals surface area contributed by atoms with E-state index >= 15 is 0 Å². The van der Waals surface area contributed by atoms with Gasteiger partial charge in [-0.3, -0.25) is 0 Å². The van der Waals surface area contributed by atoms with Crippen molar-refractivity contribution >= 4 is 11.9 Å². The molecule has 21 heavy (non-hydrogen) atoms. The summed E-state index contributed by atoms with van der Waals surface area (Å²) in [7, 11) is 6.40. The fourth-order valence-electron chi connectivity index (χ4n) is 1.66. The first-order valence-corrected chi connectivity index (χ1v) is 6.31. The Morgan fingerprint density at radius 1 is 1.14 bits per heavy atom. The molecule has 0 amide bonds. The van der Waals surface area contributed by atoms with E-state index in [0.717, 1.165) is 11.1 Å². The van der Waals surface area contributed by atoms with Gasteiger partial charge in [-0.2, -0.15) is 0 Å². The summed E-state index contributed by atoms with van der Waals surface area (Å²) < 4.78 is 9.22. The second-order valence-corrected chi connectivity index (χ2v) is 4.48. The Kier molecular flexibility index (Phi) is 6.20. The molecule has 0 saturated heterocycles. The van der Waals surface area contributed by atoms with Gasteiger partial charge in [-0.15, -0.1) is 0 Å². The molecule has 5 heteroatoms.